The van der Waals surface area contributed by atoms with E-state index in [1.807, 2.05) is 43.5 Å². The van der Waals surface area contributed by atoms with E-state index >= 15 is 0 Å². The van der Waals surface area contributed by atoms with Crippen LogP contribution in [0.2, 0.25) is 0 Å². The molecule has 31 heavy (non-hydrogen) atoms. The number of Topliss-reactive ketones (excluding diaryl/α,β-unsaturated/α-hetero) is 1. The van der Waals surface area contributed by atoms with Crippen LogP contribution in [0.5, 0.6) is 0 Å². The van der Waals surface area contributed by atoms with Gasteiger partial charge in [-0.05, 0) is 72.7 Å². The quantitative estimate of drug-likeness (QED) is 0.509. The van der Waals surface area contributed by atoms with E-state index in [0.717, 1.165) is 47.2 Å². The van der Waals surface area contributed by atoms with E-state index in [9.17, 15) is 9.18 Å². The third kappa shape index (κ3) is 4.23. The van der Waals surface area contributed by atoms with Crippen molar-refractivity contribution >= 4 is 28.8 Å². The number of rotatable bonds is 3. The van der Waals surface area contributed by atoms with Crippen LogP contribution in [-0.2, 0) is 0 Å². The summed E-state index contributed by atoms with van der Waals surface area (Å²) in [7, 11) is 0. The highest BCUT2D eigenvalue weighted by Crippen LogP contribution is 2.39. The fourth-order valence-electron chi connectivity index (χ4n) is 4.47. The molecular formula is C28H28FNO. The lowest BCUT2D eigenvalue weighted by molar-refractivity contribution is 0.0910. The molecule has 0 aromatic heterocycles. The number of allylic oxidation sites excluding steroid dienone is 6. The van der Waals surface area contributed by atoms with Gasteiger partial charge in [0.05, 0.1) is 5.69 Å². The number of ketones is 1. The van der Waals surface area contributed by atoms with E-state index < -0.39 is 0 Å². The van der Waals surface area contributed by atoms with Crippen molar-refractivity contribution in [2.75, 3.05) is 0 Å². The first kappa shape index (κ1) is 21.2. The van der Waals surface area contributed by atoms with Crippen molar-refractivity contribution in [2.24, 2.45) is 16.8 Å². The van der Waals surface area contributed by atoms with Crippen LogP contribution in [0.3, 0.4) is 0 Å². The second-order valence-corrected chi connectivity index (χ2v) is 8.44. The van der Waals surface area contributed by atoms with Gasteiger partial charge in [-0.25, -0.2) is 4.39 Å². The van der Waals surface area contributed by atoms with Crippen LogP contribution >= 0.6 is 0 Å². The van der Waals surface area contributed by atoms with E-state index in [0.29, 0.717) is 5.56 Å². The van der Waals surface area contributed by atoms with Crippen molar-refractivity contribution in [3.05, 3.63) is 88.8 Å². The van der Waals surface area contributed by atoms with Crippen molar-refractivity contribution in [3.8, 4) is 0 Å². The number of aliphatic imine (C=N–C) groups is 1. The summed E-state index contributed by atoms with van der Waals surface area (Å²) in [4.78, 5) is 17.9. The van der Waals surface area contributed by atoms with Gasteiger partial charge in [-0.2, -0.15) is 0 Å². The van der Waals surface area contributed by atoms with Crippen LogP contribution in [0.1, 0.15) is 61.5 Å². The third-order valence-electron chi connectivity index (χ3n) is 6.42. The SMILES string of the molecule is CCC1C=Nc2ccc(C3=CC=CCCC(C)=C3c3ccc(F)cc3)cc2C(=O)C1C. The van der Waals surface area contributed by atoms with Crippen LogP contribution in [0, 0.1) is 17.7 Å². The normalized spacial score (nSPS) is 21.3. The molecule has 0 saturated carbocycles. The molecule has 2 atom stereocenters. The van der Waals surface area contributed by atoms with Gasteiger partial charge >= 0.3 is 0 Å². The third-order valence-corrected chi connectivity index (χ3v) is 6.42. The van der Waals surface area contributed by atoms with Crippen LogP contribution < -0.4 is 0 Å². The Morgan fingerprint density at radius 2 is 1.84 bits per heavy atom. The number of hydrogen-bond acceptors (Lipinski definition) is 2. The van der Waals surface area contributed by atoms with Crippen molar-refractivity contribution in [3.63, 3.8) is 0 Å². The second-order valence-electron chi connectivity index (χ2n) is 8.44. The highest BCUT2D eigenvalue weighted by atomic mass is 19.1. The Morgan fingerprint density at radius 1 is 1.10 bits per heavy atom. The van der Waals surface area contributed by atoms with Crippen molar-refractivity contribution in [2.45, 2.75) is 40.0 Å². The van der Waals surface area contributed by atoms with Gasteiger partial charge in [0.2, 0.25) is 0 Å². The lowest BCUT2D eigenvalue weighted by Crippen LogP contribution is -2.20. The zero-order valence-electron chi connectivity index (χ0n) is 18.4. The van der Waals surface area contributed by atoms with E-state index in [4.69, 9.17) is 0 Å². The Kier molecular flexibility index (Phi) is 6.13. The zero-order chi connectivity index (χ0) is 22.0. The molecule has 0 N–H and O–H groups in total. The second kappa shape index (κ2) is 8.97. The molecule has 2 unspecified atom stereocenters. The first-order valence-corrected chi connectivity index (χ1v) is 11.0. The highest BCUT2D eigenvalue weighted by Gasteiger charge is 2.28. The van der Waals surface area contributed by atoms with Crippen LogP contribution in [0.15, 0.2) is 71.3 Å². The van der Waals surface area contributed by atoms with Crippen molar-refractivity contribution < 1.29 is 9.18 Å². The minimum absolute atomic E-state index is 0.0923. The van der Waals surface area contributed by atoms with E-state index in [-0.39, 0.29) is 23.4 Å². The van der Waals surface area contributed by atoms with E-state index in [1.165, 1.54) is 17.7 Å². The Labute approximate surface area is 183 Å². The minimum atomic E-state index is -0.244. The molecule has 3 heteroatoms. The molecule has 4 rings (SSSR count). The molecule has 1 heterocycles. The number of hydrogen-bond donors (Lipinski definition) is 0. The number of halogens is 1. The summed E-state index contributed by atoms with van der Waals surface area (Å²) in [5, 5.41) is 0. The largest absolute Gasteiger partial charge is 0.294 e. The van der Waals surface area contributed by atoms with Crippen LogP contribution in [-0.4, -0.2) is 12.0 Å². The maximum absolute atomic E-state index is 13.6. The Bertz CT molecular complexity index is 1120. The molecule has 0 amide bonds. The number of fused-ring (bicyclic) bond motifs is 1. The molecule has 0 fully saturated rings. The summed E-state index contributed by atoms with van der Waals surface area (Å²) in [5.74, 6) is -0.0347. The topological polar surface area (TPSA) is 29.4 Å². The summed E-state index contributed by atoms with van der Waals surface area (Å²) in [6.07, 6.45) is 11.1. The summed E-state index contributed by atoms with van der Waals surface area (Å²) >= 11 is 0. The Morgan fingerprint density at radius 3 is 2.58 bits per heavy atom. The Hall–Kier alpha value is -3.07. The lowest BCUT2D eigenvalue weighted by atomic mass is 9.83. The molecular weight excluding hydrogens is 385 g/mol. The van der Waals surface area contributed by atoms with Gasteiger partial charge in [0.25, 0.3) is 0 Å². The van der Waals surface area contributed by atoms with Crippen LogP contribution in [0.25, 0.3) is 11.1 Å². The zero-order valence-corrected chi connectivity index (χ0v) is 18.4. The summed E-state index contributed by atoms with van der Waals surface area (Å²) < 4.78 is 13.6. The highest BCUT2D eigenvalue weighted by molar-refractivity contribution is 6.10. The van der Waals surface area contributed by atoms with Crippen LogP contribution in [0.4, 0.5) is 10.1 Å². The molecule has 2 aliphatic rings. The predicted molar refractivity (Wildman–Crippen MR) is 127 cm³/mol. The fourth-order valence-corrected chi connectivity index (χ4v) is 4.47. The molecule has 2 aromatic carbocycles. The molecule has 0 saturated heterocycles. The van der Waals surface area contributed by atoms with Gasteiger partial charge in [0.15, 0.2) is 5.78 Å². The molecule has 0 radical (unpaired) electrons. The average molecular weight is 414 g/mol. The molecule has 0 bridgehead atoms. The smallest absolute Gasteiger partial charge is 0.168 e. The maximum atomic E-state index is 13.6. The summed E-state index contributed by atoms with van der Waals surface area (Å²) in [5.41, 5.74) is 6.79. The van der Waals surface area contributed by atoms with Crippen molar-refractivity contribution in [1.29, 1.82) is 0 Å². The van der Waals surface area contributed by atoms with E-state index in [2.05, 4.69) is 37.1 Å². The molecule has 2 aromatic rings. The van der Waals surface area contributed by atoms with Gasteiger partial charge < -0.3 is 0 Å². The fraction of sp³-hybridized carbons (Fsp3) is 0.286. The Balaban J connectivity index is 1.85. The molecule has 2 nitrogen and oxygen atoms in total. The van der Waals surface area contributed by atoms with Gasteiger partial charge in [-0.1, -0.05) is 55.8 Å². The lowest BCUT2D eigenvalue weighted by Gasteiger charge is -2.20. The standard InChI is InChI=1S/C28H28FNO/c1-4-20-17-30-26-15-12-22(16-25(26)28(31)19(20)3)24-9-7-5-6-8-18(2)27(24)21-10-13-23(29)14-11-21/h5,7,9-17,19-20H,4,6,8H2,1-3H3. The number of carbonyl (C=O) groups is 1. The average Bonchev–Trinajstić information content (AvgIpc) is 2.88. The van der Waals surface area contributed by atoms with Gasteiger partial charge in [-0.15, -0.1) is 0 Å². The number of nitrogens with zero attached hydrogens (tertiary/aromatic N) is 1. The molecule has 158 valence electrons. The van der Waals surface area contributed by atoms with E-state index in [1.54, 1.807) is 0 Å². The maximum Gasteiger partial charge on any atom is 0.168 e. The predicted octanol–water partition coefficient (Wildman–Crippen LogP) is 7.59. The number of benzene rings is 2. The first-order chi connectivity index (χ1) is 15.0. The monoisotopic (exact) mass is 413 g/mol. The molecule has 0 spiro atoms. The van der Waals surface area contributed by atoms with Gasteiger partial charge in [0, 0.05) is 23.6 Å². The van der Waals surface area contributed by atoms with Crippen molar-refractivity contribution in [1.82, 2.24) is 0 Å². The number of carbonyl (C=O) groups excluding carboxylic acids is 1. The van der Waals surface area contributed by atoms with Gasteiger partial charge in [0.1, 0.15) is 5.82 Å². The summed E-state index contributed by atoms with van der Waals surface area (Å²) in [6.45, 7) is 6.23. The molecule has 1 aliphatic heterocycles. The van der Waals surface area contributed by atoms with Gasteiger partial charge in [-0.3, -0.25) is 9.79 Å². The first-order valence-electron chi connectivity index (χ1n) is 11.0. The summed E-state index contributed by atoms with van der Waals surface area (Å²) in [6, 6.07) is 12.7. The molecule has 1 aliphatic carbocycles. The minimum Gasteiger partial charge on any atom is -0.294 e.